The average Bonchev–Trinajstić information content (AvgIpc) is 3.55. The lowest BCUT2D eigenvalue weighted by Gasteiger charge is -2.38. The number of hydrogen-bond donors (Lipinski definition) is 0. The van der Waals surface area contributed by atoms with E-state index in [0.717, 1.165) is 49.2 Å². The van der Waals surface area contributed by atoms with Crippen molar-refractivity contribution in [2.45, 2.75) is 25.4 Å². The number of rotatable bonds is 5. The minimum atomic E-state index is -0.311. The van der Waals surface area contributed by atoms with Crippen LogP contribution in [0.1, 0.15) is 30.7 Å². The van der Waals surface area contributed by atoms with Crippen LogP contribution in [0.3, 0.4) is 0 Å². The van der Waals surface area contributed by atoms with Crippen molar-refractivity contribution in [1.82, 2.24) is 19.9 Å². The van der Waals surface area contributed by atoms with Gasteiger partial charge < -0.3 is 9.32 Å². The van der Waals surface area contributed by atoms with Gasteiger partial charge in [0, 0.05) is 50.0 Å². The van der Waals surface area contributed by atoms with Gasteiger partial charge in [-0.1, -0.05) is 23.7 Å². The monoisotopic (exact) mass is 464 g/mol. The van der Waals surface area contributed by atoms with Crippen LogP contribution >= 0.6 is 11.6 Å². The quantitative estimate of drug-likeness (QED) is 0.574. The Hall–Kier alpha value is -3.23. The molecule has 2 aromatic heterocycles. The molecular formula is C24H25ClN6O2. The molecule has 2 atom stereocenters. The number of hydrazone groups is 1. The smallest absolute Gasteiger partial charge is 0.260 e. The second-order valence-corrected chi connectivity index (χ2v) is 8.66. The van der Waals surface area contributed by atoms with Crippen molar-refractivity contribution in [1.29, 1.82) is 0 Å². The largest absolute Gasteiger partial charge is 0.467 e. The molecule has 8 nitrogen and oxygen atoms in total. The average molecular weight is 465 g/mol. The van der Waals surface area contributed by atoms with Crippen LogP contribution in [0.5, 0.6) is 0 Å². The predicted molar refractivity (Wildman–Crippen MR) is 126 cm³/mol. The highest BCUT2D eigenvalue weighted by Gasteiger charge is 2.38. The summed E-state index contributed by atoms with van der Waals surface area (Å²) in [5.74, 6) is 1.42. The van der Waals surface area contributed by atoms with Gasteiger partial charge >= 0.3 is 0 Å². The first-order chi connectivity index (χ1) is 16.1. The fraction of sp³-hybridized carbons (Fsp3) is 0.333. The van der Waals surface area contributed by atoms with Crippen molar-refractivity contribution in [2.75, 3.05) is 31.1 Å². The van der Waals surface area contributed by atoms with Gasteiger partial charge in [0.05, 0.1) is 18.0 Å². The number of nitrogens with zero attached hydrogens (tertiary/aromatic N) is 6. The molecular weight excluding hydrogens is 440 g/mol. The topological polar surface area (TPSA) is 78.1 Å². The van der Waals surface area contributed by atoms with Crippen LogP contribution in [0.4, 0.5) is 5.95 Å². The molecule has 0 aliphatic carbocycles. The Labute approximate surface area is 197 Å². The fourth-order valence-electron chi connectivity index (χ4n) is 4.34. The van der Waals surface area contributed by atoms with Crippen molar-refractivity contribution in [3.05, 3.63) is 77.5 Å². The zero-order chi connectivity index (χ0) is 22.8. The highest BCUT2D eigenvalue weighted by Crippen LogP contribution is 2.34. The molecule has 33 heavy (non-hydrogen) atoms. The Morgan fingerprint density at radius 1 is 1.06 bits per heavy atom. The summed E-state index contributed by atoms with van der Waals surface area (Å²) in [5, 5.41) is 7.01. The van der Waals surface area contributed by atoms with Gasteiger partial charge in [-0.05, 0) is 42.8 Å². The summed E-state index contributed by atoms with van der Waals surface area (Å²) in [6, 6.07) is 12.5. The van der Waals surface area contributed by atoms with E-state index in [-0.39, 0.29) is 18.0 Å². The molecule has 0 bridgehead atoms. The SMILES string of the molecule is CC(C(=O)N1N=C(c2ccc(Cl)cc2)CC1c1ccco1)N1CCN(c2ncccn2)CC1. The zero-order valence-corrected chi connectivity index (χ0v) is 19.1. The van der Waals surface area contributed by atoms with Crippen molar-refractivity contribution < 1.29 is 9.21 Å². The first kappa shape index (κ1) is 21.6. The first-order valence-corrected chi connectivity index (χ1v) is 11.4. The number of piperazine rings is 1. The van der Waals surface area contributed by atoms with Crippen molar-refractivity contribution >= 4 is 29.2 Å². The maximum Gasteiger partial charge on any atom is 0.260 e. The maximum absolute atomic E-state index is 13.6. The molecule has 3 aromatic rings. The van der Waals surface area contributed by atoms with Crippen LogP contribution in [0.25, 0.3) is 0 Å². The summed E-state index contributed by atoms with van der Waals surface area (Å²) in [5.41, 5.74) is 1.80. The van der Waals surface area contributed by atoms with Gasteiger partial charge in [-0.3, -0.25) is 9.69 Å². The lowest BCUT2D eigenvalue weighted by Crippen LogP contribution is -2.54. The fourth-order valence-corrected chi connectivity index (χ4v) is 4.47. The Bertz CT molecular complexity index is 1110. The summed E-state index contributed by atoms with van der Waals surface area (Å²) in [7, 11) is 0. The summed E-state index contributed by atoms with van der Waals surface area (Å²) in [6.45, 7) is 4.98. The van der Waals surface area contributed by atoms with E-state index in [1.54, 1.807) is 23.7 Å². The third kappa shape index (κ3) is 4.49. The highest BCUT2D eigenvalue weighted by atomic mass is 35.5. The van der Waals surface area contributed by atoms with E-state index in [0.29, 0.717) is 11.4 Å². The molecule has 1 amide bonds. The molecule has 5 rings (SSSR count). The van der Waals surface area contributed by atoms with E-state index in [9.17, 15) is 4.79 Å². The van der Waals surface area contributed by atoms with E-state index >= 15 is 0 Å². The van der Waals surface area contributed by atoms with Crippen LogP contribution in [0.15, 0.2) is 70.6 Å². The van der Waals surface area contributed by atoms with E-state index in [2.05, 4.69) is 19.8 Å². The molecule has 2 aliphatic rings. The third-order valence-electron chi connectivity index (χ3n) is 6.24. The van der Waals surface area contributed by atoms with E-state index in [1.807, 2.05) is 49.4 Å². The molecule has 1 fully saturated rings. The van der Waals surface area contributed by atoms with Crippen LogP contribution in [0, 0.1) is 0 Å². The van der Waals surface area contributed by atoms with Crippen molar-refractivity contribution in [3.8, 4) is 0 Å². The lowest BCUT2D eigenvalue weighted by atomic mass is 10.0. The number of carbonyl (C=O) groups is 1. The number of furan rings is 1. The van der Waals surface area contributed by atoms with Gasteiger partial charge in [-0.2, -0.15) is 5.10 Å². The van der Waals surface area contributed by atoms with Gasteiger partial charge in [0.15, 0.2) is 0 Å². The molecule has 1 saturated heterocycles. The zero-order valence-electron chi connectivity index (χ0n) is 18.3. The Morgan fingerprint density at radius 2 is 1.79 bits per heavy atom. The third-order valence-corrected chi connectivity index (χ3v) is 6.49. The number of carbonyl (C=O) groups excluding carboxylic acids is 1. The molecule has 0 N–H and O–H groups in total. The van der Waals surface area contributed by atoms with Crippen LogP contribution < -0.4 is 4.90 Å². The Kier molecular flexibility index (Phi) is 6.11. The van der Waals surface area contributed by atoms with E-state index < -0.39 is 0 Å². The minimum Gasteiger partial charge on any atom is -0.467 e. The molecule has 9 heteroatoms. The molecule has 1 aromatic carbocycles. The van der Waals surface area contributed by atoms with Gasteiger partial charge in [-0.25, -0.2) is 15.0 Å². The van der Waals surface area contributed by atoms with E-state index in [4.69, 9.17) is 21.1 Å². The molecule has 2 unspecified atom stereocenters. The number of aromatic nitrogens is 2. The van der Waals surface area contributed by atoms with Gasteiger partial charge in [0.2, 0.25) is 5.95 Å². The second-order valence-electron chi connectivity index (χ2n) is 8.22. The second kappa shape index (κ2) is 9.33. The summed E-state index contributed by atoms with van der Waals surface area (Å²) < 4.78 is 5.67. The van der Waals surface area contributed by atoms with Crippen LogP contribution in [0.2, 0.25) is 5.02 Å². The summed E-state index contributed by atoms with van der Waals surface area (Å²) in [4.78, 5) is 26.6. The minimum absolute atomic E-state index is 0.0372. The van der Waals surface area contributed by atoms with Gasteiger partial charge in [0.25, 0.3) is 5.91 Å². The molecule has 0 radical (unpaired) electrons. The molecule has 0 saturated carbocycles. The molecule has 0 spiro atoms. The lowest BCUT2D eigenvalue weighted by molar-refractivity contribution is -0.138. The van der Waals surface area contributed by atoms with Gasteiger partial charge in [-0.15, -0.1) is 0 Å². The molecule has 2 aliphatic heterocycles. The van der Waals surface area contributed by atoms with Crippen LogP contribution in [-0.4, -0.2) is 63.7 Å². The number of hydrogen-bond acceptors (Lipinski definition) is 7. The van der Waals surface area contributed by atoms with Crippen molar-refractivity contribution in [2.24, 2.45) is 5.10 Å². The summed E-state index contributed by atoms with van der Waals surface area (Å²) in [6.07, 6.45) is 5.72. The maximum atomic E-state index is 13.6. The summed E-state index contributed by atoms with van der Waals surface area (Å²) >= 11 is 6.05. The number of anilines is 1. The Balaban J connectivity index is 1.32. The number of halogens is 1. The standard InChI is InChI=1S/C24H25ClN6O2/c1-17(29-11-13-30(14-12-29)24-26-9-3-10-27-24)23(32)31-21(22-4-2-15-33-22)16-20(28-31)18-5-7-19(25)8-6-18/h2-10,15,17,21H,11-14,16H2,1H3. The predicted octanol–water partition coefficient (Wildman–Crippen LogP) is 3.61. The Morgan fingerprint density at radius 3 is 2.45 bits per heavy atom. The normalized spacial score (nSPS) is 20.1. The van der Waals surface area contributed by atoms with Crippen molar-refractivity contribution in [3.63, 3.8) is 0 Å². The van der Waals surface area contributed by atoms with Crippen LogP contribution in [-0.2, 0) is 4.79 Å². The first-order valence-electron chi connectivity index (χ1n) is 11.1. The molecule has 170 valence electrons. The molecule has 4 heterocycles. The number of benzene rings is 1. The highest BCUT2D eigenvalue weighted by molar-refractivity contribution is 6.30. The van der Waals surface area contributed by atoms with Gasteiger partial charge in [0.1, 0.15) is 11.8 Å². The number of amides is 1. The van der Waals surface area contributed by atoms with E-state index in [1.165, 1.54) is 0 Å².